The molecular formula is C9H15N3O4S. The minimum Gasteiger partial charge on any atom is -0.481 e. The van der Waals surface area contributed by atoms with Gasteiger partial charge in [-0.15, -0.1) is 0 Å². The van der Waals surface area contributed by atoms with Crippen LogP contribution in [-0.4, -0.2) is 46.7 Å². The number of aliphatic carboxylic acids is 1. The van der Waals surface area contributed by atoms with Gasteiger partial charge in [0.15, 0.2) is 0 Å². The third-order valence-corrected chi connectivity index (χ3v) is 4.17. The lowest BCUT2D eigenvalue weighted by molar-refractivity contribution is -0.137. The van der Waals surface area contributed by atoms with Gasteiger partial charge in [0.1, 0.15) is 4.90 Å². The third-order valence-electron chi connectivity index (χ3n) is 2.25. The highest BCUT2D eigenvalue weighted by molar-refractivity contribution is 7.89. The first-order valence-corrected chi connectivity index (χ1v) is 6.52. The van der Waals surface area contributed by atoms with Gasteiger partial charge in [-0.25, -0.2) is 8.42 Å². The van der Waals surface area contributed by atoms with Crippen molar-refractivity contribution < 1.29 is 18.3 Å². The molecule has 7 nitrogen and oxygen atoms in total. The second-order valence-corrected chi connectivity index (χ2v) is 5.43. The molecule has 1 aromatic heterocycles. The summed E-state index contributed by atoms with van der Waals surface area (Å²) in [5.41, 5.74) is 0. The van der Waals surface area contributed by atoms with Gasteiger partial charge in [-0.2, -0.15) is 9.40 Å². The number of hydrogen-bond acceptors (Lipinski definition) is 4. The summed E-state index contributed by atoms with van der Waals surface area (Å²) < 4.78 is 26.6. The molecule has 0 spiro atoms. The van der Waals surface area contributed by atoms with Gasteiger partial charge in [0.2, 0.25) is 10.0 Å². The molecule has 0 atom stereocenters. The van der Waals surface area contributed by atoms with Crippen molar-refractivity contribution in [2.45, 2.75) is 18.2 Å². The molecule has 0 aliphatic carbocycles. The fourth-order valence-corrected chi connectivity index (χ4v) is 2.79. The number of nitrogens with zero attached hydrogens (tertiary/aromatic N) is 3. The summed E-state index contributed by atoms with van der Waals surface area (Å²) >= 11 is 0. The van der Waals surface area contributed by atoms with Crippen LogP contribution in [0.5, 0.6) is 0 Å². The first-order valence-electron chi connectivity index (χ1n) is 5.08. The summed E-state index contributed by atoms with van der Waals surface area (Å²) in [5, 5.41) is 12.3. The number of carboxylic acid groups (broad SMARTS) is 1. The van der Waals surface area contributed by atoms with Gasteiger partial charge in [0.25, 0.3) is 0 Å². The third kappa shape index (κ3) is 3.27. The maximum atomic E-state index is 12.1. The Bertz CT molecular complexity index is 494. The van der Waals surface area contributed by atoms with Crippen LogP contribution in [0.15, 0.2) is 17.3 Å². The van der Waals surface area contributed by atoms with Gasteiger partial charge in [0, 0.05) is 26.3 Å². The van der Waals surface area contributed by atoms with Gasteiger partial charge < -0.3 is 5.11 Å². The van der Waals surface area contributed by atoms with E-state index in [1.54, 1.807) is 14.0 Å². The minimum atomic E-state index is -3.64. The van der Waals surface area contributed by atoms with Crippen molar-refractivity contribution in [1.82, 2.24) is 14.1 Å². The van der Waals surface area contributed by atoms with Crippen molar-refractivity contribution in [3.63, 3.8) is 0 Å². The van der Waals surface area contributed by atoms with E-state index in [4.69, 9.17) is 5.11 Å². The van der Waals surface area contributed by atoms with Crippen molar-refractivity contribution in [1.29, 1.82) is 0 Å². The zero-order chi connectivity index (χ0) is 13.1. The standard InChI is InChI=1S/C9H15N3O4S/c1-3-12(5-4-9(13)14)17(15,16)8-6-10-11(2)7-8/h6-7H,3-5H2,1-2H3,(H,13,14). The maximum Gasteiger partial charge on any atom is 0.304 e. The average Bonchev–Trinajstić information content (AvgIpc) is 2.65. The monoisotopic (exact) mass is 261 g/mol. The Morgan fingerprint density at radius 3 is 2.65 bits per heavy atom. The number of sulfonamides is 1. The lowest BCUT2D eigenvalue weighted by Crippen LogP contribution is -2.32. The molecule has 1 N–H and O–H groups in total. The number of aryl methyl sites for hydroxylation is 1. The van der Waals surface area contributed by atoms with E-state index in [1.807, 2.05) is 0 Å². The van der Waals surface area contributed by atoms with Crippen LogP contribution in [-0.2, 0) is 21.9 Å². The molecule has 1 rings (SSSR count). The molecule has 0 saturated heterocycles. The molecule has 0 aliphatic heterocycles. The quantitative estimate of drug-likeness (QED) is 0.772. The van der Waals surface area contributed by atoms with E-state index in [0.29, 0.717) is 0 Å². The normalized spacial score (nSPS) is 11.9. The molecular weight excluding hydrogens is 246 g/mol. The summed E-state index contributed by atoms with van der Waals surface area (Å²) in [6.07, 6.45) is 2.42. The van der Waals surface area contributed by atoms with Crippen LogP contribution in [0.4, 0.5) is 0 Å². The Morgan fingerprint density at radius 2 is 2.24 bits per heavy atom. The van der Waals surface area contributed by atoms with E-state index in [0.717, 1.165) is 4.31 Å². The van der Waals surface area contributed by atoms with Crippen LogP contribution in [0.1, 0.15) is 13.3 Å². The molecule has 0 bridgehead atoms. The first kappa shape index (κ1) is 13.7. The fraction of sp³-hybridized carbons (Fsp3) is 0.556. The van der Waals surface area contributed by atoms with Crippen LogP contribution < -0.4 is 0 Å². The van der Waals surface area contributed by atoms with Gasteiger partial charge in [-0.3, -0.25) is 9.48 Å². The molecule has 96 valence electrons. The highest BCUT2D eigenvalue weighted by Gasteiger charge is 2.24. The fourth-order valence-electron chi connectivity index (χ4n) is 1.35. The Kier molecular flexibility index (Phi) is 4.24. The number of aromatic nitrogens is 2. The van der Waals surface area contributed by atoms with Crippen molar-refractivity contribution in [3.05, 3.63) is 12.4 Å². The highest BCUT2D eigenvalue weighted by Crippen LogP contribution is 2.14. The van der Waals surface area contributed by atoms with E-state index >= 15 is 0 Å². The second-order valence-electron chi connectivity index (χ2n) is 3.49. The summed E-state index contributed by atoms with van der Waals surface area (Å²) in [4.78, 5) is 10.5. The molecule has 1 aromatic rings. The topological polar surface area (TPSA) is 92.5 Å². The zero-order valence-corrected chi connectivity index (χ0v) is 10.5. The number of hydrogen-bond donors (Lipinski definition) is 1. The molecule has 0 fully saturated rings. The van der Waals surface area contributed by atoms with Crippen molar-refractivity contribution >= 4 is 16.0 Å². The largest absolute Gasteiger partial charge is 0.481 e. The van der Waals surface area contributed by atoms with Crippen LogP contribution in [0.2, 0.25) is 0 Å². The molecule has 0 unspecified atom stereocenters. The van der Waals surface area contributed by atoms with Gasteiger partial charge in [-0.1, -0.05) is 6.92 Å². The Hall–Kier alpha value is -1.41. The number of rotatable bonds is 6. The zero-order valence-electron chi connectivity index (χ0n) is 9.70. The van der Waals surface area contributed by atoms with Crippen LogP contribution in [0, 0.1) is 0 Å². The number of carbonyl (C=O) groups is 1. The van der Waals surface area contributed by atoms with E-state index < -0.39 is 16.0 Å². The Labute approximate surface area is 99.7 Å². The summed E-state index contributed by atoms with van der Waals surface area (Å²) in [5.74, 6) is -1.02. The summed E-state index contributed by atoms with van der Waals surface area (Å²) in [7, 11) is -2.02. The molecule has 1 heterocycles. The van der Waals surface area contributed by atoms with E-state index in [1.165, 1.54) is 17.1 Å². The lowest BCUT2D eigenvalue weighted by atomic mass is 10.4. The number of carboxylic acids is 1. The highest BCUT2D eigenvalue weighted by atomic mass is 32.2. The maximum absolute atomic E-state index is 12.1. The molecule has 0 aliphatic rings. The molecule has 0 saturated carbocycles. The predicted octanol–water partition coefficient (Wildman–Crippen LogP) is -0.0946. The van der Waals surface area contributed by atoms with E-state index in [9.17, 15) is 13.2 Å². The lowest BCUT2D eigenvalue weighted by Gasteiger charge is -2.18. The van der Waals surface area contributed by atoms with Crippen LogP contribution in [0.25, 0.3) is 0 Å². The molecule has 0 aromatic carbocycles. The van der Waals surface area contributed by atoms with Crippen LogP contribution in [0.3, 0.4) is 0 Å². The Morgan fingerprint density at radius 1 is 1.59 bits per heavy atom. The molecule has 0 amide bonds. The van der Waals surface area contributed by atoms with Gasteiger partial charge in [-0.05, 0) is 0 Å². The van der Waals surface area contributed by atoms with Gasteiger partial charge in [0.05, 0.1) is 12.6 Å². The van der Waals surface area contributed by atoms with Crippen molar-refractivity contribution in [2.24, 2.45) is 7.05 Å². The molecule has 8 heteroatoms. The predicted molar refractivity (Wildman–Crippen MR) is 59.9 cm³/mol. The van der Waals surface area contributed by atoms with E-state index in [2.05, 4.69) is 5.10 Å². The average molecular weight is 261 g/mol. The molecule has 0 radical (unpaired) electrons. The van der Waals surface area contributed by atoms with Crippen molar-refractivity contribution in [3.8, 4) is 0 Å². The van der Waals surface area contributed by atoms with Gasteiger partial charge >= 0.3 is 5.97 Å². The summed E-state index contributed by atoms with van der Waals surface area (Å²) in [6, 6.07) is 0. The van der Waals surface area contributed by atoms with E-state index in [-0.39, 0.29) is 24.4 Å². The summed E-state index contributed by atoms with van der Waals surface area (Å²) in [6.45, 7) is 1.85. The van der Waals surface area contributed by atoms with Crippen LogP contribution >= 0.6 is 0 Å². The molecule has 17 heavy (non-hydrogen) atoms. The second kappa shape index (κ2) is 5.28. The minimum absolute atomic E-state index is 0.0386. The van der Waals surface area contributed by atoms with Crippen molar-refractivity contribution in [2.75, 3.05) is 13.1 Å². The smallest absolute Gasteiger partial charge is 0.304 e. The SMILES string of the molecule is CCN(CCC(=O)O)S(=O)(=O)c1cnn(C)c1. The Balaban J connectivity index is 2.90. The first-order chi connectivity index (χ1) is 7.87.